The summed E-state index contributed by atoms with van der Waals surface area (Å²) in [4.78, 5) is 6.05. The molecule has 3 heteroatoms. The monoisotopic (exact) mass is 407 g/mol. The zero-order chi connectivity index (χ0) is 19.2. The Balaban J connectivity index is 1.79. The van der Waals surface area contributed by atoms with Crippen LogP contribution in [0.2, 0.25) is 0 Å². The number of aromatic nitrogens is 1. The normalized spacial score (nSPS) is 11.4. The van der Waals surface area contributed by atoms with Crippen LogP contribution >= 0.6 is 22.7 Å². The molecule has 0 radical (unpaired) electrons. The molecule has 0 fully saturated rings. The third-order valence-corrected chi connectivity index (χ3v) is 7.40. The van der Waals surface area contributed by atoms with Crippen LogP contribution in [0.5, 0.6) is 0 Å². The molecule has 0 saturated heterocycles. The first-order valence-corrected chi connectivity index (χ1v) is 11.3. The van der Waals surface area contributed by atoms with Gasteiger partial charge < -0.3 is 4.98 Å². The first-order chi connectivity index (χ1) is 14.4. The molecule has 138 valence electrons. The van der Waals surface area contributed by atoms with Crippen molar-refractivity contribution in [2.75, 3.05) is 0 Å². The topological polar surface area (TPSA) is 15.8 Å². The van der Waals surface area contributed by atoms with E-state index in [1.165, 1.54) is 47.3 Å². The zero-order valence-corrected chi connectivity index (χ0v) is 17.2. The Labute approximate surface area is 176 Å². The molecule has 3 aromatic carbocycles. The molecule has 0 amide bonds. The summed E-state index contributed by atoms with van der Waals surface area (Å²) in [7, 11) is 0. The van der Waals surface area contributed by atoms with Gasteiger partial charge in [-0.1, -0.05) is 48.5 Å². The number of aromatic amines is 1. The van der Waals surface area contributed by atoms with Crippen LogP contribution in [0.15, 0.2) is 96.5 Å². The predicted molar refractivity (Wildman–Crippen MR) is 128 cm³/mol. The number of nitrogens with one attached hydrogen (secondary N) is 1. The molecular formula is C26H17NS2. The smallest absolute Gasteiger partial charge is 0.0460 e. The van der Waals surface area contributed by atoms with Crippen molar-refractivity contribution < 1.29 is 0 Å². The maximum absolute atomic E-state index is 3.43. The number of hydrogen-bond donors (Lipinski definition) is 1. The Morgan fingerprint density at radius 2 is 1.52 bits per heavy atom. The van der Waals surface area contributed by atoms with E-state index in [2.05, 4.69) is 95.3 Å². The molecule has 3 aromatic heterocycles. The lowest BCUT2D eigenvalue weighted by atomic mass is 9.90. The molecule has 1 nitrogen and oxygen atoms in total. The van der Waals surface area contributed by atoms with Gasteiger partial charge in [-0.2, -0.15) is 0 Å². The van der Waals surface area contributed by atoms with E-state index >= 15 is 0 Å². The second kappa shape index (κ2) is 6.73. The van der Waals surface area contributed by atoms with Crippen LogP contribution in [-0.4, -0.2) is 4.98 Å². The van der Waals surface area contributed by atoms with Gasteiger partial charge in [0.15, 0.2) is 0 Å². The SMILES string of the molecule is c1c[nH]c(-c2cc3ccccc3c(-c3cc4ccccc4s3)c2-c2cccs2)c1. The number of fused-ring (bicyclic) bond motifs is 2. The lowest BCUT2D eigenvalue weighted by Gasteiger charge is -2.16. The van der Waals surface area contributed by atoms with E-state index in [0.717, 1.165) is 5.69 Å². The van der Waals surface area contributed by atoms with Gasteiger partial charge in [0.05, 0.1) is 0 Å². The maximum Gasteiger partial charge on any atom is 0.0460 e. The van der Waals surface area contributed by atoms with E-state index in [1.54, 1.807) is 11.3 Å². The van der Waals surface area contributed by atoms with Crippen LogP contribution in [0.4, 0.5) is 0 Å². The van der Waals surface area contributed by atoms with Gasteiger partial charge in [0.2, 0.25) is 0 Å². The minimum absolute atomic E-state index is 1.15. The first-order valence-electron chi connectivity index (χ1n) is 9.61. The molecule has 0 aliphatic carbocycles. The van der Waals surface area contributed by atoms with Crippen molar-refractivity contribution >= 4 is 43.5 Å². The number of rotatable bonds is 3. The van der Waals surface area contributed by atoms with Gasteiger partial charge in [0, 0.05) is 43.0 Å². The summed E-state index contributed by atoms with van der Waals surface area (Å²) in [5, 5.41) is 6.04. The highest BCUT2D eigenvalue weighted by Crippen LogP contribution is 2.48. The Hall–Kier alpha value is -3.14. The summed E-state index contributed by atoms with van der Waals surface area (Å²) < 4.78 is 1.33. The molecule has 29 heavy (non-hydrogen) atoms. The van der Waals surface area contributed by atoms with Gasteiger partial charge in [-0.05, 0) is 57.9 Å². The Bertz CT molecular complexity index is 1400. The number of benzene rings is 3. The number of hydrogen-bond acceptors (Lipinski definition) is 2. The van der Waals surface area contributed by atoms with Crippen LogP contribution < -0.4 is 0 Å². The molecule has 0 unspecified atom stereocenters. The first kappa shape index (κ1) is 16.8. The molecule has 0 atom stereocenters. The molecule has 6 aromatic rings. The third-order valence-electron chi connectivity index (χ3n) is 5.38. The fraction of sp³-hybridized carbons (Fsp3) is 0. The van der Waals surface area contributed by atoms with Crippen molar-refractivity contribution in [2.45, 2.75) is 0 Å². The van der Waals surface area contributed by atoms with Gasteiger partial charge >= 0.3 is 0 Å². The van der Waals surface area contributed by atoms with Crippen LogP contribution in [0, 0.1) is 0 Å². The third kappa shape index (κ3) is 2.74. The summed E-state index contributed by atoms with van der Waals surface area (Å²) in [6.07, 6.45) is 2.00. The average Bonchev–Trinajstić information content (AvgIpc) is 3.53. The molecule has 0 aliphatic rings. The lowest BCUT2D eigenvalue weighted by Crippen LogP contribution is -1.90. The minimum atomic E-state index is 1.15. The second-order valence-electron chi connectivity index (χ2n) is 7.10. The van der Waals surface area contributed by atoms with Crippen molar-refractivity contribution in [1.82, 2.24) is 4.98 Å². The van der Waals surface area contributed by atoms with Gasteiger partial charge in [0.1, 0.15) is 0 Å². The molecule has 3 heterocycles. The minimum Gasteiger partial charge on any atom is -0.361 e. The van der Waals surface area contributed by atoms with Gasteiger partial charge in [-0.3, -0.25) is 0 Å². The standard InChI is InChI=1S/C26H17NS2/c1-3-9-19-17(7-1)15-20(21-10-5-13-27-21)26(23-12-6-14-28-23)25(19)24-16-18-8-2-4-11-22(18)29-24/h1-16,27H. The van der Waals surface area contributed by atoms with E-state index in [0.29, 0.717) is 0 Å². The Morgan fingerprint density at radius 3 is 2.31 bits per heavy atom. The highest BCUT2D eigenvalue weighted by molar-refractivity contribution is 7.22. The van der Waals surface area contributed by atoms with Crippen molar-refractivity contribution in [3.63, 3.8) is 0 Å². The van der Waals surface area contributed by atoms with E-state index < -0.39 is 0 Å². The number of H-pyrrole nitrogens is 1. The molecule has 0 saturated carbocycles. The highest BCUT2D eigenvalue weighted by Gasteiger charge is 2.20. The van der Waals surface area contributed by atoms with E-state index in [9.17, 15) is 0 Å². The summed E-state index contributed by atoms with van der Waals surface area (Å²) >= 11 is 3.68. The molecular weight excluding hydrogens is 390 g/mol. The van der Waals surface area contributed by atoms with Crippen LogP contribution in [-0.2, 0) is 0 Å². The average molecular weight is 408 g/mol. The quantitative estimate of drug-likeness (QED) is 0.303. The fourth-order valence-corrected chi connectivity index (χ4v) is 6.01. The van der Waals surface area contributed by atoms with Crippen molar-refractivity contribution in [3.8, 4) is 32.1 Å². The lowest BCUT2D eigenvalue weighted by molar-refractivity contribution is 1.41. The highest BCUT2D eigenvalue weighted by atomic mass is 32.1. The van der Waals surface area contributed by atoms with Gasteiger partial charge in [-0.25, -0.2) is 0 Å². The van der Waals surface area contributed by atoms with E-state index in [1.807, 2.05) is 17.5 Å². The van der Waals surface area contributed by atoms with Crippen molar-refractivity contribution in [2.24, 2.45) is 0 Å². The molecule has 0 aliphatic heterocycles. The van der Waals surface area contributed by atoms with Crippen LogP contribution in [0.1, 0.15) is 0 Å². The largest absolute Gasteiger partial charge is 0.361 e. The Morgan fingerprint density at radius 1 is 0.655 bits per heavy atom. The summed E-state index contributed by atoms with van der Waals surface area (Å²) in [6.45, 7) is 0. The van der Waals surface area contributed by atoms with Gasteiger partial charge in [0.25, 0.3) is 0 Å². The predicted octanol–water partition coefficient (Wildman–Crippen LogP) is 8.45. The Kier molecular flexibility index (Phi) is 3.89. The summed E-state index contributed by atoms with van der Waals surface area (Å²) in [5.74, 6) is 0. The maximum atomic E-state index is 3.43. The second-order valence-corrected chi connectivity index (χ2v) is 9.14. The summed E-state index contributed by atoms with van der Waals surface area (Å²) in [6, 6.07) is 30.7. The number of thiophene rings is 2. The van der Waals surface area contributed by atoms with Crippen molar-refractivity contribution in [3.05, 3.63) is 96.5 Å². The van der Waals surface area contributed by atoms with E-state index in [4.69, 9.17) is 0 Å². The molecule has 1 N–H and O–H groups in total. The molecule has 0 bridgehead atoms. The van der Waals surface area contributed by atoms with Crippen molar-refractivity contribution in [1.29, 1.82) is 0 Å². The molecule has 6 rings (SSSR count). The molecule has 0 spiro atoms. The van der Waals surface area contributed by atoms with Crippen LogP contribution in [0.25, 0.3) is 53.0 Å². The van der Waals surface area contributed by atoms with E-state index in [-0.39, 0.29) is 0 Å². The summed E-state index contributed by atoms with van der Waals surface area (Å²) in [5.41, 5.74) is 5.05. The van der Waals surface area contributed by atoms with Crippen LogP contribution in [0.3, 0.4) is 0 Å². The fourth-order valence-electron chi connectivity index (χ4n) is 4.10. The zero-order valence-electron chi connectivity index (χ0n) is 15.6. The van der Waals surface area contributed by atoms with Gasteiger partial charge in [-0.15, -0.1) is 22.7 Å².